The molecule has 0 aliphatic heterocycles. The van der Waals surface area contributed by atoms with Gasteiger partial charge in [0.15, 0.2) is 11.0 Å². The molecule has 1 saturated carbocycles. The summed E-state index contributed by atoms with van der Waals surface area (Å²) < 4.78 is 15.0. The van der Waals surface area contributed by atoms with Crippen molar-refractivity contribution in [2.45, 2.75) is 49.3 Å². The Balaban J connectivity index is 1.70. The molecule has 8 heteroatoms. The van der Waals surface area contributed by atoms with Crippen LogP contribution in [-0.4, -0.2) is 32.0 Å². The molecule has 0 saturated heterocycles. The number of hydrogen-bond donors (Lipinski definition) is 1. The van der Waals surface area contributed by atoms with Crippen molar-refractivity contribution in [3.05, 3.63) is 42.7 Å². The molecule has 6 nitrogen and oxygen atoms in total. The van der Waals surface area contributed by atoms with E-state index in [0.29, 0.717) is 30.4 Å². The summed E-state index contributed by atoms with van der Waals surface area (Å²) in [6.07, 6.45) is 6.12. The van der Waals surface area contributed by atoms with Gasteiger partial charge in [-0.05, 0) is 37.1 Å². The number of benzene rings is 1. The fourth-order valence-electron chi connectivity index (χ4n) is 3.35. The van der Waals surface area contributed by atoms with Gasteiger partial charge < -0.3 is 5.32 Å². The third-order valence-corrected chi connectivity index (χ3v) is 5.73. The van der Waals surface area contributed by atoms with Crippen molar-refractivity contribution in [1.29, 1.82) is 5.26 Å². The average Bonchev–Trinajstić information content (AvgIpc) is 3.11. The number of thioether (sulfide) groups is 1. The number of carbonyl (C=O) groups excluding carboxylic acids is 1. The zero-order chi connectivity index (χ0) is 20.0. The minimum atomic E-state index is -0.746. The van der Waals surface area contributed by atoms with E-state index in [9.17, 15) is 14.4 Å². The maximum absolute atomic E-state index is 13.2. The molecule has 1 aliphatic carbocycles. The summed E-state index contributed by atoms with van der Waals surface area (Å²) in [6.45, 7) is 4.22. The van der Waals surface area contributed by atoms with Crippen molar-refractivity contribution in [3.63, 3.8) is 0 Å². The summed E-state index contributed by atoms with van der Waals surface area (Å²) in [5, 5.41) is 21.4. The van der Waals surface area contributed by atoms with Crippen molar-refractivity contribution in [2.75, 3.05) is 5.75 Å². The van der Waals surface area contributed by atoms with E-state index in [1.807, 2.05) is 4.57 Å². The summed E-state index contributed by atoms with van der Waals surface area (Å²) in [5.74, 6) is 0.217. The summed E-state index contributed by atoms with van der Waals surface area (Å²) >= 11 is 1.26. The first-order valence-electron chi connectivity index (χ1n) is 9.22. The van der Waals surface area contributed by atoms with Crippen LogP contribution < -0.4 is 5.32 Å². The Morgan fingerprint density at radius 3 is 2.68 bits per heavy atom. The third-order valence-electron chi connectivity index (χ3n) is 4.76. The highest BCUT2D eigenvalue weighted by Crippen LogP contribution is 2.28. The lowest BCUT2D eigenvalue weighted by Crippen LogP contribution is -2.49. The number of rotatable bonds is 7. The number of hydrogen-bond acceptors (Lipinski definition) is 5. The van der Waals surface area contributed by atoms with Gasteiger partial charge in [0.05, 0.1) is 11.8 Å². The van der Waals surface area contributed by atoms with Crippen LogP contribution in [-0.2, 0) is 11.3 Å². The second kappa shape index (κ2) is 9.02. The van der Waals surface area contributed by atoms with Crippen LogP contribution in [0.4, 0.5) is 4.39 Å². The standard InChI is InChI=1S/C20H22FN5OS/c1-2-12-26-18(15-6-8-16(21)9-7-15)24-25-19(26)28-13-17(27)23-20(14-22)10-4-3-5-11-20/h2,6-9H,1,3-5,10-13H2,(H,23,27). The fraction of sp³-hybridized carbons (Fsp3) is 0.400. The molecule has 146 valence electrons. The van der Waals surface area contributed by atoms with E-state index < -0.39 is 5.54 Å². The smallest absolute Gasteiger partial charge is 0.231 e. The number of carbonyl (C=O) groups is 1. The van der Waals surface area contributed by atoms with Crippen molar-refractivity contribution in [1.82, 2.24) is 20.1 Å². The Morgan fingerprint density at radius 1 is 1.32 bits per heavy atom. The highest BCUT2D eigenvalue weighted by molar-refractivity contribution is 7.99. The van der Waals surface area contributed by atoms with Crippen LogP contribution in [0.2, 0.25) is 0 Å². The SMILES string of the molecule is C=CCn1c(SCC(=O)NC2(C#N)CCCCC2)nnc1-c1ccc(F)cc1. The molecule has 1 fully saturated rings. The van der Waals surface area contributed by atoms with Crippen LogP contribution in [0.5, 0.6) is 0 Å². The minimum Gasteiger partial charge on any atom is -0.337 e. The van der Waals surface area contributed by atoms with Crippen LogP contribution in [0.3, 0.4) is 0 Å². The normalized spacial score (nSPS) is 15.6. The number of aromatic nitrogens is 3. The predicted molar refractivity (Wildman–Crippen MR) is 106 cm³/mol. The van der Waals surface area contributed by atoms with Gasteiger partial charge in [-0.25, -0.2) is 4.39 Å². The van der Waals surface area contributed by atoms with E-state index >= 15 is 0 Å². The number of nitrogens with zero attached hydrogens (tertiary/aromatic N) is 4. The first-order valence-corrected chi connectivity index (χ1v) is 10.2. The largest absolute Gasteiger partial charge is 0.337 e. The van der Waals surface area contributed by atoms with Crippen LogP contribution in [0.1, 0.15) is 32.1 Å². The number of halogens is 1. The topological polar surface area (TPSA) is 83.6 Å². The molecule has 1 aromatic heterocycles. The molecule has 1 aliphatic rings. The molecule has 1 heterocycles. The second-order valence-electron chi connectivity index (χ2n) is 6.80. The number of nitrogens with one attached hydrogen (secondary N) is 1. The van der Waals surface area contributed by atoms with Gasteiger partial charge in [0.25, 0.3) is 0 Å². The van der Waals surface area contributed by atoms with Gasteiger partial charge in [0, 0.05) is 12.1 Å². The highest BCUT2D eigenvalue weighted by Gasteiger charge is 2.33. The second-order valence-corrected chi connectivity index (χ2v) is 7.75. The van der Waals surface area contributed by atoms with Gasteiger partial charge >= 0.3 is 0 Å². The molecule has 0 spiro atoms. The maximum atomic E-state index is 13.2. The van der Waals surface area contributed by atoms with Crippen LogP contribution in [0.15, 0.2) is 42.1 Å². The van der Waals surface area contributed by atoms with E-state index in [-0.39, 0.29) is 17.5 Å². The molecule has 0 radical (unpaired) electrons. The first-order chi connectivity index (χ1) is 13.6. The van der Waals surface area contributed by atoms with Crippen LogP contribution >= 0.6 is 11.8 Å². The Kier molecular flexibility index (Phi) is 6.47. The molecule has 2 aromatic rings. The van der Waals surface area contributed by atoms with Gasteiger partial charge in [0.2, 0.25) is 5.91 Å². The predicted octanol–water partition coefficient (Wildman–Crippen LogP) is 3.70. The quantitative estimate of drug-likeness (QED) is 0.567. The number of amides is 1. The lowest BCUT2D eigenvalue weighted by atomic mass is 9.83. The van der Waals surface area contributed by atoms with Gasteiger partial charge in [0.1, 0.15) is 11.4 Å². The zero-order valence-electron chi connectivity index (χ0n) is 15.5. The third kappa shape index (κ3) is 4.60. The van der Waals surface area contributed by atoms with Gasteiger partial charge in [-0.2, -0.15) is 5.26 Å². The maximum Gasteiger partial charge on any atom is 0.231 e. The summed E-state index contributed by atoms with van der Waals surface area (Å²) in [5.41, 5.74) is -0.0121. The highest BCUT2D eigenvalue weighted by atomic mass is 32.2. The van der Waals surface area contributed by atoms with Crippen molar-refractivity contribution >= 4 is 17.7 Å². The lowest BCUT2D eigenvalue weighted by Gasteiger charge is -2.31. The zero-order valence-corrected chi connectivity index (χ0v) is 16.3. The summed E-state index contributed by atoms with van der Waals surface area (Å²) in [7, 11) is 0. The summed E-state index contributed by atoms with van der Waals surface area (Å²) in [4.78, 5) is 12.4. The average molecular weight is 399 g/mol. The number of allylic oxidation sites excluding steroid dienone is 1. The molecular weight excluding hydrogens is 377 g/mol. The molecule has 0 atom stereocenters. The lowest BCUT2D eigenvalue weighted by molar-refractivity contribution is -0.120. The molecule has 3 rings (SSSR count). The van der Waals surface area contributed by atoms with Crippen LogP contribution in [0, 0.1) is 17.1 Å². The fourth-order valence-corrected chi connectivity index (χ4v) is 4.10. The number of nitriles is 1. The molecule has 28 heavy (non-hydrogen) atoms. The summed E-state index contributed by atoms with van der Waals surface area (Å²) in [6, 6.07) is 8.31. The van der Waals surface area contributed by atoms with Crippen molar-refractivity contribution < 1.29 is 9.18 Å². The van der Waals surface area contributed by atoms with E-state index in [1.165, 1.54) is 23.9 Å². The van der Waals surface area contributed by atoms with E-state index in [0.717, 1.165) is 24.8 Å². The van der Waals surface area contributed by atoms with Gasteiger partial charge in [-0.15, -0.1) is 16.8 Å². The Labute approximate surface area is 167 Å². The van der Waals surface area contributed by atoms with Crippen molar-refractivity contribution in [2.24, 2.45) is 0 Å². The van der Waals surface area contributed by atoms with Crippen molar-refractivity contribution in [3.8, 4) is 17.5 Å². The minimum absolute atomic E-state index is 0.141. The van der Waals surface area contributed by atoms with E-state index in [4.69, 9.17) is 0 Å². The molecule has 1 amide bonds. The first kappa shape index (κ1) is 20.1. The molecule has 1 aromatic carbocycles. The molecule has 0 bridgehead atoms. The van der Waals surface area contributed by atoms with Gasteiger partial charge in [-0.3, -0.25) is 9.36 Å². The molecule has 1 N–H and O–H groups in total. The Hall–Kier alpha value is -2.66. The van der Waals surface area contributed by atoms with Crippen LogP contribution in [0.25, 0.3) is 11.4 Å². The molecular formula is C20H22FN5OS. The van der Waals surface area contributed by atoms with Gasteiger partial charge in [-0.1, -0.05) is 37.1 Å². The van der Waals surface area contributed by atoms with E-state index in [1.54, 1.807) is 18.2 Å². The Bertz CT molecular complexity index is 881. The monoisotopic (exact) mass is 399 g/mol. The van der Waals surface area contributed by atoms with E-state index in [2.05, 4.69) is 28.2 Å². The Morgan fingerprint density at radius 2 is 2.04 bits per heavy atom. The molecule has 0 unspecified atom stereocenters.